The Morgan fingerprint density at radius 3 is 2.46 bits per heavy atom. The third kappa shape index (κ3) is 8.04. The molecule has 0 bridgehead atoms. The van der Waals surface area contributed by atoms with Gasteiger partial charge in [-0.2, -0.15) is 0 Å². The fourth-order valence-electron chi connectivity index (χ4n) is 1.52. The van der Waals surface area contributed by atoms with Crippen molar-refractivity contribution < 1.29 is 4.74 Å². The Morgan fingerprint density at radius 2 is 1.92 bits per heavy atom. The van der Waals surface area contributed by atoms with Crippen molar-refractivity contribution in [3.05, 3.63) is 12.7 Å². The predicted octanol–water partition coefficient (Wildman–Crippen LogP) is 3.80. The number of ether oxygens (including phenoxy) is 1. The first-order valence-corrected chi connectivity index (χ1v) is 5.22. The molecule has 1 nitrogen and oxygen atoms in total. The summed E-state index contributed by atoms with van der Waals surface area (Å²) in [6.07, 6.45) is 8.23. The minimum absolute atomic E-state index is 0.439. The number of hydrogen-bond donors (Lipinski definition) is 0. The van der Waals surface area contributed by atoms with Gasteiger partial charge in [0, 0.05) is 13.7 Å². The van der Waals surface area contributed by atoms with E-state index in [1.165, 1.54) is 25.7 Å². The molecule has 0 fully saturated rings. The first kappa shape index (κ1) is 12.7. The second kappa shape index (κ2) is 7.14. The molecule has 0 amide bonds. The van der Waals surface area contributed by atoms with Gasteiger partial charge < -0.3 is 4.74 Å². The van der Waals surface area contributed by atoms with E-state index in [-0.39, 0.29) is 0 Å². The molecule has 1 heteroatoms. The van der Waals surface area contributed by atoms with E-state index < -0.39 is 0 Å². The number of hydrogen-bond acceptors (Lipinski definition) is 1. The van der Waals surface area contributed by atoms with E-state index >= 15 is 0 Å². The summed E-state index contributed by atoms with van der Waals surface area (Å²) in [5.74, 6) is 0. The Kier molecular flexibility index (Phi) is 6.97. The zero-order chi connectivity index (χ0) is 10.2. The average molecular weight is 184 g/mol. The normalized spacial score (nSPS) is 11.6. The number of rotatable bonds is 8. The first-order valence-electron chi connectivity index (χ1n) is 5.22. The highest BCUT2D eigenvalue weighted by atomic mass is 16.5. The lowest BCUT2D eigenvalue weighted by Gasteiger charge is -2.22. The molecule has 0 aliphatic rings. The van der Waals surface area contributed by atoms with Gasteiger partial charge in [-0.3, -0.25) is 0 Å². The van der Waals surface area contributed by atoms with Crippen molar-refractivity contribution in [3.63, 3.8) is 0 Å². The Morgan fingerprint density at radius 1 is 1.23 bits per heavy atom. The van der Waals surface area contributed by atoms with Crippen LogP contribution in [0.15, 0.2) is 12.7 Å². The monoisotopic (exact) mass is 184 g/mol. The van der Waals surface area contributed by atoms with E-state index in [9.17, 15) is 0 Å². The molecule has 0 aliphatic carbocycles. The third-order valence-corrected chi connectivity index (χ3v) is 2.40. The van der Waals surface area contributed by atoms with Crippen molar-refractivity contribution >= 4 is 0 Å². The molecule has 0 unspecified atom stereocenters. The molecule has 0 aromatic carbocycles. The molecule has 0 aromatic rings. The summed E-state index contributed by atoms with van der Waals surface area (Å²) in [4.78, 5) is 0. The van der Waals surface area contributed by atoms with E-state index in [1.54, 1.807) is 7.11 Å². The topological polar surface area (TPSA) is 9.23 Å². The van der Waals surface area contributed by atoms with Crippen LogP contribution in [0.1, 0.15) is 46.0 Å². The van der Waals surface area contributed by atoms with Crippen LogP contribution in [0.4, 0.5) is 0 Å². The maximum atomic E-state index is 5.01. The van der Waals surface area contributed by atoms with Crippen molar-refractivity contribution in [3.8, 4) is 0 Å². The molecule has 0 radical (unpaired) electrons. The van der Waals surface area contributed by atoms with Crippen molar-refractivity contribution in [1.82, 2.24) is 0 Å². The number of methoxy groups -OCH3 is 1. The van der Waals surface area contributed by atoms with Crippen LogP contribution >= 0.6 is 0 Å². The molecule has 13 heavy (non-hydrogen) atoms. The lowest BCUT2D eigenvalue weighted by atomic mass is 9.84. The Labute approximate surface area is 83.2 Å². The van der Waals surface area contributed by atoms with Crippen molar-refractivity contribution in [2.24, 2.45) is 5.41 Å². The quantitative estimate of drug-likeness (QED) is 0.412. The minimum atomic E-state index is 0.439. The maximum absolute atomic E-state index is 5.01. The van der Waals surface area contributed by atoms with Crippen LogP contribution in [0, 0.1) is 5.41 Å². The Balaban J connectivity index is 3.34. The largest absolute Gasteiger partial charge is 0.385 e. The molecule has 78 valence electrons. The smallest absolute Gasteiger partial charge is 0.0462 e. The highest BCUT2D eigenvalue weighted by Gasteiger charge is 2.14. The lowest BCUT2D eigenvalue weighted by Crippen LogP contribution is -2.09. The highest BCUT2D eigenvalue weighted by molar-refractivity contribution is 4.79. The standard InChI is InChI=1S/C12H24O/c1-5-9-12(2,3)10-7-6-8-11-13-4/h5H,1,6-11H2,2-4H3. The summed E-state index contributed by atoms with van der Waals surface area (Å²) in [5, 5.41) is 0. The Hall–Kier alpha value is -0.300. The van der Waals surface area contributed by atoms with Gasteiger partial charge in [-0.15, -0.1) is 6.58 Å². The van der Waals surface area contributed by atoms with Gasteiger partial charge in [0.05, 0.1) is 0 Å². The molecule has 0 spiro atoms. The van der Waals surface area contributed by atoms with Crippen LogP contribution in [0.3, 0.4) is 0 Å². The molecule has 0 N–H and O–H groups in total. The van der Waals surface area contributed by atoms with Crippen LogP contribution in [-0.4, -0.2) is 13.7 Å². The molecule has 0 aliphatic heterocycles. The van der Waals surface area contributed by atoms with Gasteiger partial charge in [0.15, 0.2) is 0 Å². The van der Waals surface area contributed by atoms with Crippen molar-refractivity contribution in [2.45, 2.75) is 46.0 Å². The highest BCUT2D eigenvalue weighted by Crippen LogP contribution is 2.27. The van der Waals surface area contributed by atoms with E-state index in [4.69, 9.17) is 4.74 Å². The molecule has 0 aromatic heterocycles. The van der Waals surface area contributed by atoms with Crippen LogP contribution < -0.4 is 0 Å². The van der Waals surface area contributed by atoms with Crippen molar-refractivity contribution in [2.75, 3.05) is 13.7 Å². The second-order valence-electron chi connectivity index (χ2n) is 4.46. The fraction of sp³-hybridized carbons (Fsp3) is 0.833. The molecule has 0 saturated heterocycles. The average Bonchev–Trinajstić information content (AvgIpc) is 2.04. The molecular weight excluding hydrogens is 160 g/mol. The predicted molar refractivity (Wildman–Crippen MR) is 58.9 cm³/mol. The van der Waals surface area contributed by atoms with Crippen molar-refractivity contribution in [1.29, 1.82) is 0 Å². The van der Waals surface area contributed by atoms with Gasteiger partial charge >= 0.3 is 0 Å². The lowest BCUT2D eigenvalue weighted by molar-refractivity contribution is 0.189. The number of allylic oxidation sites excluding steroid dienone is 1. The van der Waals surface area contributed by atoms with Gasteiger partial charge in [0.25, 0.3) is 0 Å². The summed E-state index contributed by atoms with van der Waals surface area (Å²) < 4.78 is 5.01. The van der Waals surface area contributed by atoms with Gasteiger partial charge in [-0.05, 0) is 24.7 Å². The number of unbranched alkanes of at least 4 members (excludes halogenated alkanes) is 2. The van der Waals surface area contributed by atoms with Gasteiger partial charge in [0.2, 0.25) is 0 Å². The van der Waals surface area contributed by atoms with Gasteiger partial charge in [-0.1, -0.05) is 32.8 Å². The van der Waals surface area contributed by atoms with E-state index in [0.717, 1.165) is 13.0 Å². The van der Waals surface area contributed by atoms with Crippen LogP contribution in [0.5, 0.6) is 0 Å². The minimum Gasteiger partial charge on any atom is -0.385 e. The second-order valence-corrected chi connectivity index (χ2v) is 4.46. The molecular formula is C12H24O. The third-order valence-electron chi connectivity index (χ3n) is 2.40. The summed E-state index contributed by atoms with van der Waals surface area (Å²) in [5.41, 5.74) is 0.439. The maximum Gasteiger partial charge on any atom is 0.0462 e. The summed E-state index contributed by atoms with van der Waals surface area (Å²) in [6, 6.07) is 0. The molecule has 0 atom stereocenters. The fourth-order valence-corrected chi connectivity index (χ4v) is 1.52. The van der Waals surface area contributed by atoms with E-state index in [2.05, 4.69) is 20.4 Å². The molecule has 0 rings (SSSR count). The van der Waals surface area contributed by atoms with Gasteiger partial charge in [-0.25, -0.2) is 0 Å². The SMILES string of the molecule is C=CCC(C)(C)CCCCCOC. The Bertz CT molecular complexity index is 127. The van der Waals surface area contributed by atoms with Crippen LogP contribution in [-0.2, 0) is 4.74 Å². The van der Waals surface area contributed by atoms with E-state index in [1.807, 2.05) is 6.08 Å². The van der Waals surface area contributed by atoms with Gasteiger partial charge in [0.1, 0.15) is 0 Å². The first-order chi connectivity index (χ1) is 6.12. The summed E-state index contributed by atoms with van der Waals surface area (Å²) in [7, 11) is 1.77. The summed E-state index contributed by atoms with van der Waals surface area (Å²) in [6.45, 7) is 9.31. The van der Waals surface area contributed by atoms with Crippen LogP contribution in [0.25, 0.3) is 0 Å². The molecule has 0 saturated carbocycles. The zero-order valence-corrected chi connectivity index (χ0v) is 9.44. The molecule has 0 heterocycles. The van der Waals surface area contributed by atoms with E-state index in [0.29, 0.717) is 5.41 Å². The summed E-state index contributed by atoms with van der Waals surface area (Å²) >= 11 is 0. The van der Waals surface area contributed by atoms with Crippen LogP contribution in [0.2, 0.25) is 0 Å². The zero-order valence-electron chi connectivity index (χ0n) is 9.44.